The van der Waals surface area contributed by atoms with Crippen molar-refractivity contribution in [2.75, 3.05) is 27.8 Å². The van der Waals surface area contributed by atoms with E-state index in [9.17, 15) is 0 Å². The van der Waals surface area contributed by atoms with Gasteiger partial charge in [0, 0.05) is 0 Å². The van der Waals surface area contributed by atoms with E-state index in [4.69, 9.17) is 0 Å². The summed E-state index contributed by atoms with van der Waals surface area (Å²) >= 11 is 0. The third-order valence-corrected chi connectivity index (χ3v) is 0.536. The molecule has 0 aliphatic rings. The van der Waals surface area contributed by atoms with Gasteiger partial charge in [0.05, 0.1) is 14.2 Å². The zero-order valence-corrected chi connectivity index (χ0v) is 7.09. The highest BCUT2D eigenvalue weighted by Gasteiger charge is 1.91. The minimum atomic E-state index is -0.348. The minimum Gasteiger partial charge on any atom is -0.209 e. The zero-order valence-electron chi connectivity index (χ0n) is 7.09. The second kappa shape index (κ2) is 11.6. The standard InChI is InChI=1S/C4H10O9/c1-5-11-9-3-7-8-4-10-13-12-6-2/h3-4H2,1-2H3. The number of hydrogen-bond donors (Lipinski definition) is 0. The van der Waals surface area contributed by atoms with Crippen molar-refractivity contribution in [1.82, 2.24) is 0 Å². The molecule has 0 fully saturated rings. The molecule has 0 aromatic carbocycles. The first-order valence-electron chi connectivity index (χ1n) is 2.97. The van der Waals surface area contributed by atoms with Crippen LogP contribution in [-0.2, 0) is 44.4 Å². The Labute approximate surface area is 73.4 Å². The van der Waals surface area contributed by atoms with E-state index in [0.29, 0.717) is 0 Å². The summed E-state index contributed by atoms with van der Waals surface area (Å²) in [6, 6.07) is 0. The van der Waals surface area contributed by atoms with Crippen LogP contribution in [0.3, 0.4) is 0 Å². The Bertz CT molecular complexity index is 77.7. The van der Waals surface area contributed by atoms with Crippen molar-refractivity contribution in [3.05, 3.63) is 0 Å². The Balaban J connectivity index is 2.76. The van der Waals surface area contributed by atoms with Gasteiger partial charge in [0.25, 0.3) is 0 Å². The van der Waals surface area contributed by atoms with E-state index in [-0.39, 0.29) is 13.6 Å². The average molecular weight is 202 g/mol. The smallest absolute Gasteiger partial charge is 0.209 e. The minimum absolute atomic E-state index is 0.303. The second-order valence-corrected chi connectivity index (χ2v) is 1.24. The van der Waals surface area contributed by atoms with Crippen molar-refractivity contribution in [2.45, 2.75) is 0 Å². The zero-order chi connectivity index (χ0) is 9.78. The fourth-order valence-corrected chi connectivity index (χ4v) is 0.242. The van der Waals surface area contributed by atoms with Gasteiger partial charge in [-0.1, -0.05) is 5.04 Å². The van der Waals surface area contributed by atoms with E-state index in [2.05, 4.69) is 44.4 Å². The quantitative estimate of drug-likeness (QED) is 0.207. The Morgan fingerprint density at radius 2 is 1.15 bits per heavy atom. The third-order valence-electron chi connectivity index (χ3n) is 0.536. The lowest BCUT2D eigenvalue weighted by Gasteiger charge is -2.01. The molecule has 0 aromatic heterocycles. The second-order valence-electron chi connectivity index (χ2n) is 1.24. The highest BCUT2D eigenvalue weighted by atomic mass is 17.7. The van der Waals surface area contributed by atoms with Crippen LogP contribution < -0.4 is 0 Å². The van der Waals surface area contributed by atoms with E-state index in [1.165, 1.54) is 14.2 Å². The van der Waals surface area contributed by atoms with Gasteiger partial charge in [-0.05, 0) is 10.1 Å². The summed E-state index contributed by atoms with van der Waals surface area (Å²) in [5.74, 6) is 0. The van der Waals surface area contributed by atoms with Gasteiger partial charge in [-0.15, -0.1) is 0 Å². The molecule has 0 spiro atoms. The molecule has 0 bridgehead atoms. The van der Waals surface area contributed by atoms with E-state index in [1.807, 2.05) is 0 Å². The molecule has 0 radical (unpaired) electrons. The van der Waals surface area contributed by atoms with Crippen LogP contribution in [0.4, 0.5) is 0 Å². The van der Waals surface area contributed by atoms with Crippen molar-refractivity contribution in [3.63, 3.8) is 0 Å². The Hall–Kier alpha value is -0.360. The monoisotopic (exact) mass is 202 g/mol. The van der Waals surface area contributed by atoms with E-state index >= 15 is 0 Å². The molecule has 9 heteroatoms. The summed E-state index contributed by atoms with van der Waals surface area (Å²) in [7, 11) is 2.50. The van der Waals surface area contributed by atoms with Gasteiger partial charge in [-0.2, -0.15) is 9.78 Å². The first kappa shape index (κ1) is 12.6. The van der Waals surface area contributed by atoms with E-state index in [1.54, 1.807) is 0 Å². The SMILES string of the molecule is COOOCOOCOOOOC. The topological polar surface area (TPSA) is 83.1 Å². The van der Waals surface area contributed by atoms with Gasteiger partial charge in [0.1, 0.15) is 0 Å². The van der Waals surface area contributed by atoms with Crippen molar-refractivity contribution >= 4 is 0 Å². The molecule has 0 aliphatic heterocycles. The molecule has 0 unspecified atom stereocenters. The Morgan fingerprint density at radius 1 is 0.615 bits per heavy atom. The van der Waals surface area contributed by atoms with Crippen LogP contribution in [0.25, 0.3) is 0 Å². The largest absolute Gasteiger partial charge is 0.218 e. The number of hydrogen-bond acceptors (Lipinski definition) is 9. The lowest BCUT2D eigenvalue weighted by Crippen LogP contribution is -2.06. The molecule has 0 aliphatic carbocycles. The molecule has 0 saturated carbocycles. The molecule has 80 valence electrons. The molecule has 0 heterocycles. The van der Waals surface area contributed by atoms with Crippen LogP contribution in [0, 0.1) is 0 Å². The summed E-state index contributed by atoms with van der Waals surface area (Å²) < 4.78 is 0. The van der Waals surface area contributed by atoms with Crippen LogP contribution in [-0.4, -0.2) is 27.8 Å². The van der Waals surface area contributed by atoms with Gasteiger partial charge in [0.2, 0.25) is 13.6 Å². The van der Waals surface area contributed by atoms with Crippen molar-refractivity contribution in [2.24, 2.45) is 0 Å². The Morgan fingerprint density at radius 3 is 1.69 bits per heavy atom. The molecular formula is C4H10O9. The molecule has 0 N–H and O–H groups in total. The summed E-state index contributed by atoms with van der Waals surface area (Å²) in [5, 5.41) is 11.7. The number of rotatable bonds is 10. The predicted molar refractivity (Wildman–Crippen MR) is 31.3 cm³/mol. The van der Waals surface area contributed by atoms with Crippen LogP contribution in [0.2, 0.25) is 0 Å². The van der Waals surface area contributed by atoms with Crippen molar-refractivity contribution in [1.29, 1.82) is 0 Å². The van der Waals surface area contributed by atoms with Crippen LogP contribution >= 0.6 is 0 Å². The third kappa shape index (κ3) is 11.6. The van der Waals surface area contributed by atoms with Gasteiger partial charge in [0.15, 0.2) is 0 Å². The maximum absolute atomic E-state index is 4.29. The van der Waals surface area contributed by atoms with Gasteiger partial charge < -0.3 is 0 Å². The predicted octanol–water partition coefficient (Wildman–Crippen LogP) is -0.200. The Kier molecular flexibility index (Phi) is 11.3. The maximum Gasteiger partial charge on any atom is 0.218 e. The molecular weight excluding hydrogens is 192 g/mol. The molecule has 0 atom stereocenters. The molecule has 0 rings (SSSR count). The van der Waals surface area contributed by atoms with Crippen molar-refractivity contribution in [3.8, 4) is 0 Å². The van der Waals surface area contributed by atoms with Crippen LogP contribution in [0.15, 0.2) is 0 Å². The normalized spacial score (nSPS) is 10.6. The molecule has 9 nitrogen and oxygen atoms in total. The van der Waals surface area contributed by atoms with Crippen LogP contribution in [0.1, 0.15) is 0 Å². The molecule has 13 heavy (non-hydrogen) atoms. The van der Waals surface area contributed by atoms with E-state index < -0.39 is 0 Å². The lowest BCUT2D eigenvalue weighted by molar-refractivity contribution is -0.646. The summed E-state index contributed by atoms with van der Waals surface area (Å²) in [6.45, 7) is -0.651. The van der Waals surface area contributed by atoms with Gasteiger partial charge in [-0.25, -0.2) is 19.6 Å². The van der Waals surface area contributed by atoms with Crippen LogP contribution in [0.5, 0.6) is 0 Å². The first-order chi connectivity index (χ1) is 6.41. The van der Waals surface area contributed by atoms with Gasteiger partial charge in [-0.3, -0.25) is 0 Å². The average Bonchev–Trinajstić information content (AvgIpc) is 2.16. The fourth-order valence-electron chi connectivity index (χ4n) is 0.242. The molecule has 0 saturated heterocycles. The summed E-state index contributed by atoms with van der Waals surface area (Å²) in [6.07, 6.45) is 0. The molecule has 0 amide bonds. The highest BCUT2D eigenvalue weighted by molar-refractivity contribution is 3.79. The summed E-state index contributed by atoms with van der Waals surface area (Å²) in [5.41, 5.74) is 0. The lowest BCUT2D eigenvalue weighted by atomic mass is 11.5. The van der Waals surface area contributed by atoms with Crippen molar-refractivity contribution < 1.29 is 44.4 Å². The maximum atomic E-state index is 4.29. The highest BCUT2D eigenvalue weighted by Crippen LogP contribution is 1.86. The molecule has 0 aromatic rings. The first-order valence-corrected chi connectivity index (χ1v) is 2.97. The fraction of sp³-hybridized carbons (Fsp3) is 1.00. The summed E-state index contributed by atoms with van der Waals surface area (Å²) in [4.78, 5) is 25.0. The van der Waals surface area contributed by atoms with E-state index in [0.717, 1.165) is 0 Å². The van der Waals surface area contributed by atoms with Gasteiger partial charge >= 0.3 is 0 Å².